The minimum absolute atomic E-state index is 0.0953. The van der Waals surface area contributed by atoms with E-state index in [-0.39, 0.29) is 11.5 Å². The van der Waals surface area contributed by atoms with E-state index in [1.54, 1.807) is 6.07 Å². The van der Waals surface area contributed by atoms with Crippen LogP contribution >= 0.6 is 22.9 Å². The van der Waals surface area contributed by atoms with Crippen LogP contribution in [0.2, 0.25) is 5.02 Å². The molecular weight excluding hydrogens is 270 g/mol. The smallest absolute Gasteiger partial charge is 0.128 e. The number of aromatic hydroxyl groups is 2. The summed E-state index contributed by atoms with van der Waals surface area (Å²) in [6, 6.07) is 9.81. The zero-order valence-electron chi connectivity index (χ0n) is 9.09. The molecular formula is C13H8ClNO2S. The highest BCUT2D eigenvalue weighted by Crippen LogP contribution is 2.37. The molecule has 5 heteroatoms. The molecule has 1 heterocycles. The van der Waals surface area contributed by atoms with Crippen molar-refractivity contribution in [1.82, 2.24) is 4.98 Å². The topological polar surface area (TPSA) is 53.4 Å². The molecule has 0 radical (unpaired) electrons. The number of halogens is 1. The van der Waals surface area contributed by atoms with Gasteiger partial charge in [-0.05, 0) is 36.4 Å². The van der Waals surface area contributed by atoms with E-state index in [1.807, 2.05) is 12.1 Å². The fraction of sp³-hybridized carbons (Fsp3) is 0. The van der Waals surface area contributed by atoms with Crippen LogP contribution < -0.4 is 0 Å². The highest BCUT2D eigenvalue weighted by molar-refractivity contribution is 7.21. The number of hydrogen-bond acceptors (Lipinski definition) is 4. The third-order valence-corrected chi connectivity index (χ3v) is 3.85. The van der Waals surface area contributed by atoms with Crippen molar-refractivity contribution in [2.45, 2.75) is 0 Å². The Morgan fingerprint density at radius 2 is 1.89 bits per heavy atom. The normalized spacial score (nSPS) is 10.9. The zero-order chi connectivity index (χ0) is 12.7. The first-order chi connectivity index (χ1) is 8.63. The molecule has 0 bridgehead atoms. The molecule has 0 aliphatic carbocycles. The van der Waals surface area contributed by atoms with Gasteiger partial charge in [0, 0.05) is 5.02 Å². The first-order valence-electron chi connectivity index (χ1n) is 5.22. The minimum atomic E-state index is 0.0953. The Labute approximate surface area is 112 Å². The maximum atomic E-state index is 9.80. The monoisotopic (exact) mass is 277 g/mol. The van der Waals surface area contributed by atoms with Gasteiger partial charge in [-0.2, -0.15) is 0 Å². The lowest BCUT2D eigenvalue weighted by atomic mass is 10.2. The summed E-state index contributed by atoms with van der Waals surface area (Å²) >= 11 is 7.34. The predicted octanol–water partition coefficient (Wildman–Crippen LogP) is 4.03. The molecule has 0 atom stereocenters. The molecule has 0 aliphatic heterocycles. The van der Waals surface area contributed by atoms with Gasteiger partial charge in [0.25, 0.3) is 0 Å². The number of phenolic OH excluding ortho intramolecular Hbond substituents is 2. The van der Waals surface area contributed by atoms with Crippen LogP contribution in [-0.2, 0) is 0 Å². The molecule has 0 saturated heterocycles. The standard InChI is InChI=1S/C13H8ClNO2S/c14-7-1-3-10-12(5-7)18-13(15-10)9-6-8(16)2-4-11(9)17/h1-6,16-17H. The summed E-state index contributed by atoms with van der Waals surface area (Å²) in [5.74, 6) is 0.193. The van der Waals surface area contributed by atoms with Gasteiger partial charge in [-0.15, -0.1) is 11.3 Å². The molecule has 0 saturated carbocycles. The van der Waals surface area contributed by atoms with E-state index in [0.29, 0.717) is 15.6 Å². The number of fused-ring (bicyclic) bond motifs is 1. The van der Waals surface area contributed by atoms with Crippen LogP contribution in [-0.4, -0.2) is 15.2 Å². The lowest BCUT2D eigenvalue weighted by molar-refractivity contribution is 0.462. The molecule has 18 heavy (non-hydrogen) atoms. The SMILES string of the molecule is Oc1ccc(O)c(-c2nc3ccc(Cl)cc3s2)c1. The molecule has 0 spiro atoms. The van der Waals surface area contributed by atoms with Crippen LogP contribution in [0.4, 0.5) is 0 Å². The summed E-state index contributed by atoms with van der Waals surface area (Å²) in [6.45, 7) is 0. The molecule has 2 aromatic carbocycles. The summed E-state index contributed by atoms with van der Waals surface area (Å²) in [5, 5.41) is 20.6. The fourth-order valence-corrected chi connectivity index (χ4v) is 2.98. The van der Waals surface area contributed by atoms with Crippen LogP contribution in [0.1, 0.15) is 0 Å². The van der Waals surface area contributed by atoms with Crippen molar-refractivity contribution in [3.8, 4) is 22.1 Å². The number of phenols is 2. The number of benzene rings is 2. The number of nitrogens with zero attached hydrogens (tertiary/aromatic N) is 1. The maximum absolute atomic E-state index is 9.80. The molecule has 1 aromatic heterocycles. The highest BCUT2D eigenvalue weighted by atomic mass is 35.5. The Balaban J connectivity index is 2.22. The minimum Gasteiger partial charge on any atom is -0.508 e. The Morgan fingerprint density at radius 3 is 2.72 bits per heavy atom. The van der Waals surface area contributed by atoms with E-state index < -0.39 is 0 Å². The molecule has 3 aromatic rings. The molecule has 0 fully saturated rings. The predicted molar refractivity (Wildman–Crippen MR) is 73.4 cm³/mol. The summed E-state index contributed by atoms with van der Waals surface area (Å²) in [6.07, 6.45) is 0. The maximum Gasteiger partial charge on any atom is 0.128 e. The van der Waals surface area contributed by atoms with Crippen molar-refractivity contribution in [3.05, 3.63) is 41.4 Å². The van der Waals surface area contributed by atoms with Crippen molar-refractivity contribution in [2.24, 2.45) is 0 Å². The molecule has 2 N–H and O–H groups in total. The van der Waals surface area contributed by atoms with Crippen LogP contribution in [0.3, 0.4) is 0 Å². The third kappa shape index (κ3) is 1.89. The second kappa shape index (κ2) is 4.15. The number of thiazole rings is 1. The van der Waals surface area contributed by atoms with Gasteiger partial charge in [0.15, 0.2) is 0 Å². The van der Waals surface area contributed by atoms with E-state index in [0.717, 1.165) is 10.2 Å². The van der Waals surface area contributed by atoms with Gasteiger partial charge in [0.05, 0.1) is 15.8 Å². The summed E-state index contributed by atoms with van der Waals surface area (Å²) in [7, 11) is 0. The second-order valence-electron chi connectivity index (χ2n) is 3.83. The summed E-state index contributed by atoms with van der Waals surface area (Å²) in [5.41, 5.74) is 1.34. The van der Waals surface area contributed by atoms with Crippen LogP contribution in [0.15, 0.2) is 36.4 Å². The van der Waals surface area contributed by atoms with E-state index in [1.165, 1.54) is 29.5 Å². The Bertz CT molecular complexity index is 739. The zero-order valence-corrected chi connectivity index (χ0v) is 10.7. The molecule has 3 rings (SSSR count). The van der Waals surface area contributed by atoms with Gasteiger partial charge in [-0.3, -0.25) is 0 Å². The van der Waals surface area contributed by atoms with E-state index in [2.05, 4.69) is 4.98 Å². The van der Waals surface area contributed by atoms with Crippen molar-refractivity contribution in [2.75, 3.05) is 0 Å². The molecule has 90 valence electrons. The van der Waals surface area contributed by atoms with Crippen molar-refractivity contribution in [1.29, 1.82) is 0 Å². The second-order valence-corrected chi connectivity index (χ2v) is 5.30. The lowest BCUT2D eigenvalue weighted by Crippen LogP contribution is -1.77. The average molecular weight is 278 g/mol. The van der Waals surface area contributed by atoms with Crippen molar-refractivity contribution < 1.29 is 10.2 Å². The van der Waals surface area contributed by atoms with Gasteiger partial charge >= 0.3 is 0 Å². The largest absolute Gasteiger partial charge is 0.508 e. The van der Waals surface area contributed by atoms with Crippen molar-refractivity contribution >= 4 is 33.2 Å². The molecule has 3 nitrogen and oxygen atoms in total. The van der Waals surface area contributed by atoms with E-state index in [4.69, 9.17) is 11.6 Å². The third-order valence-electron chi connectivity index (χ3n) is 2.56. The van der Waals surface area contributed by atoms with E-state index in [9.17, 15) is 10.2 Å². The molecule has 0 aliphatic rings. The van der Waals surface area contributed by atoms with Crippen LogP contribution in [0.25, 0.3) is 20.8 Å². The van der Waals surface area contributed by atoms with Gasteiger partial charge in [0.1, 0.15) is 16.5 Å². The van der Waals surface area contributed by atoms with Gasteiger partial charge in [0.2, 0.25) is 0 Å². The van der Waals surface area contributed by atoms with Crippen LogP contribution in [0.5, 0.6) is 11.5 Å². The van der Waals surface area contributed by atoms with Crippen molar-refractivity contribution in [3.63, 3.8) is 0 Å². The summed E-state index contributed by atoms with van der Waals surface area (Å²) in [4.78, 5) is 4.41. The average Bonchev–Trinajstić information content (AvgIpc) is 2.74. The first-order valence-corrected chi connectivity index (χ1v) is 6.41. The van der Waals surface area contributed by atoms with Gasteiger partial charge < -0.3 is 10.2 Å². The number of aromatic nitrogens is 1. The lowest BCUT2D eigenvalue weighted by Gasteiger charge is -2.00. The number of rotatable bonds is 1. The van der Waals surface area contributed by atoms with Gasteiger partial charge in [-0.1, -0.05) is 11.6 Å². The van der Waals surface area contributed by atoms with E-state index >= 15 is 0 Å². The summed E-state index contributed by atoms with van der Waals surface area (Å²) < 4.78 is 0.945. The quantitative estimate of drug-likeness (QED) is 0.660. The molecule has 0 amide bonds. The Kier molecular flexibility index (Phi) is 2.61. The number of hydrogen-bond donors (Lipinski definition) is 2. The Hall–Kier alpha value is -1.78. The highest BCUT2D eigenvalue weighted by Gasteiger charge is 2.11. The van der Waals surface area contributed by atoms with Crippen LogP contribution in [0, 0.1) is 0 Å². The fourth-order valence-electron chi connectivity index (χ4n) is 1.71. The Morgan fingerprint density at radius 1 is 1.06 bits per heavy atom. The van der Waals surface area contributed by atoms with Gasteiger partial charge in [-0.25, -0.2) is 4.98 Å². The first kappa shape index (κ1) is 11.3. The molecule has 0 unspecified atom stereocenters.